The number of aryl methyl sites for hydroxylation is 1. The molecule has 1 aliphatic rings. The van der Waals surface area contributed by atoms with E-state index < -0.39 is 6.04 Å². The number of nitrogens with zero attached hydrogens (tertiary/aromatic N) is 2. The third-order valence-corrected chi connectivity index (χ3v) is 4.12. The molecule has 0 aliphatic carbocycles. The lowest BCUT2D eigenvalue weighted by molar-refractivity contribution is 0.111. The molecule has 1 saturated heterocycles. The maximum absolute atomic E-state index is 14.2. The molecule has 0 unspecified atom stereocenters. The largest absolute Gasteiger partial charge is 0.376 e. The summed E-state index contributed by atoms with van der Waals surface area (Å²) in [6, 6.07) is 5.33. The van der Waals surface area contributed by atoms with Crippen molar-refractivity contribution in [2.75, 3.05) is 13.2 Å². The first kappa shape index (κ1) is 16.4. The van der Waals surface area contributed by atoms with Crippen molar-refractivity contribution in [1.29, 1.82) is 0 Å². The number of hydrogen-bond acceptors (Lipinski definition) is 3. The van der Waals surface area contributed by atoms with Gasteiger partial charge in [0.1, 0.15) is 17.7 Å². The van der Waals surface area contributed by atoms with Crippen LogP contribution in [0.1, 0.15) is 30.3 Å². The van der Waals surface area contributed by atoms with Gasteiger partial charge in [-0.2, -0.15) is 0 Å². The summed E-state index contributed by atoms with van der Waals surface area (Å²) in [6.07, 6.45) is 5.38. The van der Waals surface area contributed by atoms with E-state index in [1.807, 2.05) is 7.05 Å². The number of carbonyl (C=O) groups is 1. The first-order valence-corrected chi connectivity index (χ1v) is 8.03. The van der Waals surface area contributed by atoms with Gasteiger partial charge in [0.15, 0.2) is 0 Å². The van der Waals surface area contributed by atoms with Crippen LogP contribution in [-0.2, 0) is 11.8 Å². The number of halogens is 1. The normalized spacial score (nSPS) is 18.3. The topological polar surface area (TPSA) is 68.2 Å². The van der Waals surface area contributed by atoms with Gasteiger partial charge in [0.25, 0.3) is 0 Å². The number of hydrogen-bond donors (Lipinski definition) is 2. The average molecular weight is 332 g/mol. The molecular weight excluding hydrogens is 311 g/mol. The number of amides is 2. The van der Waals surface area contributed by atoms with Crippen molar-refractivity contribution in [2.24, 2.45) is 7.05 Å². The van der Waals surface area contributed by atoms with Crippen LogP contribution in [0.5, 0.6) is 0 Å². The monoisotopic (exact) mass is 332 g/mol. The zero-order valence-corrected chi connectivity index (χ0v) is 13.5. The highest BCUT2D eigenvalue weighted by atomic mass is 19.1. The Balaban J connectivity index is 1.74. The van der Waals surface area contributed by atoms with Crippen LogP contribution in [0.4, 0.5) is 9.18 Å². The Labute approximate surface area is 140 Å². The first-order chi connectivity index (χ1) is 11.6. The molecule has 0 radical (unpaired) electrons. The molecular formula is C17H21FN4O2. The fourth-order valence-corrected chi connectivity index (χ4v) is 2.84. The highest BCUT2D eigenvalue weighted by Crippen LogP contribution is 2.23. The number of urea groups is 1. The number of imidazole rings is 1. The molecule has 0 saturated carbocycles. The minimum absolute atomic E-state index is 0.0517. The lowest BCUT2D eigenvalue weighted by Gasteiger charge is -2.20. The second-order valence-corrected chi connectivity index (χ2v) is 5.84. The predicted molar refractivity (Wildman–Crippen MR) is 87.0 cm³/mol. The second-order valence-electron chi connectivity index (χ2n) is 5.84. The summed E-state index contributed by atoms with van der Waals surface area (Å²) < 4.78 is 21.5. The maximum atomic E-state index is 14.2. The van der Waals surface area contributed by atoms with E-state index in [2.05, 4.69) is 15.6 Å². The molecule has 1 fully saturated rings. The van der Waals surface area contributed by atoms with Gasteiger partial charge in [0, 0.05) is 38.2 Å². The van der Waals surface area contributed by atoms with E-state index in [0.717, 1.165) is 19.4 Å². The number of nitrogens with one attached hydrogen (secondary N) is 2. The van der Waals surface area contributed by atoms with E-state index in [1.165, 1.54) is 6.07 Å². The Hall–Kier alpha value is -2.41. The lowest BCUT2D eigenvalue weighted by Crippen LogP contribution is -2.42. The number of benzene rings is 1. The summed E-state index contributed by atoms with van der Waals surface area (Å²) in [4.78, 5) is 16.5. The van der Waals surface area contributed by atoms with Crippen molar-refractivity contribution < 1.29 is 13.9 Å². The molecule has 2 amide bonds. The molecule has 2 heterocycles. The molecule has 2 atom stereocenters. The second kappa shape index (κ2) is 7.44. The lowest BCUT2D eigenvalue weighted by atomic mass is 10.1. The van der Waals surface area contributed by atoms with Crippen molar-refractivity contribution in [1.82, 2.24) is 20.2 Å². The minimum Gasteiger partial charge on any atom is -0.376 e. The number of aromatic nitrogens is 2. The van der Waals surface area contributed by atoms with Gasteiger partial charge in [0.05, 0.1) is 6.10 Å². The summed E-state index contributed by atoms with van der Waals surface area (Å²) in [6.45, 7) is 1.18. The summed E-state index contributed by atoms with van der Waals surface area (Å²) in [5.41, 5.74) is 0.374. The smallest absolute Gasteiger partial charge is 0.315 e. The molecule has 0 spiro atoms. The molecule has 0 bridgehead atoms. The SMILES string of the molecule is Cn1ccnc1[C@H](NC(=O)NC[C@H]1CCCO1)c1ccccc1F. The highest BCUT2D eigenvalue weighted by molar-refractivity contribution is 5.74. The summed E-state index contributed by atoms with van der Waals surface area (Å²) in [5.74, 6) is 0.178. The van der Waals surface area contributed by atoms with E-state index in [0.29, 0.717) is 17.9 Å². The number of ether oxygens (including phenoxy) is 1. The molecule has 2 N–H and O–H groups in total. The van der Waals surface area contributed by atoms with Crippen LogP contribution in [0.25, 0.3) is 0 Å². The van der Waals surface area contributed by atoms with Crippen molar-refractivity contribution in [3.05, 3.63) is 53.9 Å². The molecule has 6 nitrogen and oxygen atoms in total. The Bertz CT molecular complexity index is 697. The molecule has 7 heteroatoms. The van der Waals surface area contributed by atoms with E-state index >= 15 is 0 Å². The maximum Gasteiger partial charge on any atom is 0.315 e. The van der Waals surface area contributed by atoms with Crippen LogP contribution in [-0.4, -0.2) is 34.8 Å². The van der Waals surface area contributed by atoms with Gasteiger partial charge in [-0.1, -0.05) is 18.2 Å². The van der Waals surface area contributed by atoms with Crippen molar-refractivity contribution in [2.45, 2.75) is 25.0 Å². The van der Waals surface area contributed by atoms with Crippen LogP contribution < -0.4 is 10.6 Å². The van der Waals surface area contributed by atoms with E-state index in [-0.39, 0.29) is 18.0 Å². The van der Waals surface area contributed by atoms with Crippen LogP contribution in [0, 0.1) is 5.82 Å². The van der Waals surface area contributed by atoms with Crippen molar-refractivity contribution in [3.63, 3.8) is 0 Å². The van der Waals surface area contributed by atoms with Gasteiger partial charge < -0.3 is 19.9 Å². The van der Waals surface area contributed by atoms with Crippen LogP contribution >= 0.6 is 0 Å². The van der Waals surface area contributed by atoms with Crippen molar-refractivity contribution in [3.8, 4) is 0 Å². The standard InChI is InChI=1S/C17H21FN4O2/c1-22-9-8-19-16(22)15(13-6-2-3-7-14(13)18)21-17(23)20-11-12-5-4-10-24-12/h2-3,6-9,12,15H,4-5,10-11H2,1H3,(H2,20,21,23)/t12-,15-/m1/s1. The Morgan fingerprint density at radius 2 is 2.33 bits per heavy atom. The van der Waals surface area contributed by atoms with Crippen LogP contribution in [0.3, 0.4) is 0 Å². The Morgan fingerprint density at radius 3 is 3.00 bits per heavy atom. The molecule has 128 valence electrons. The molecule has 2 aromatic rings. The molecule has 1 aromatic carbocycles. The van der Waals surface area contributed by atoms with E-state index in [1.54, 1.807) is 35.2 Å². The van der Waals surface area contributed by atoms with Gasteiger partial charge in [-0.25, -0.2) is 14.2 Å². The quantitative estimate of drug-likeness (QED) is 0.881. The third-order valence-electron chi connectivity index (χ3n) is 4.12. The van der Waals surface area contributed by atoms with Crippen LogP contribution in [0.15, 0.2) is 36.7 Å². The van der Waals surface area contributed by atoms with Crippen LogP contribution in [0.2, 0.25) is 0 Å². The van der Waals surface area contributed by atoms with E-state index in [4.69, 9.17) is 4.74 Å². The summed E-state index contributed by atoms with van der Waals surface area (Å²) in [5, 5.41) is 5.60. The fourth-order valence-electron chi connectivity index (χ4n) is 2.84. The molecule has 3 rings (SSSR count). The van der Waals surface area contributed by atoms with Gasteiger partial charge in [-0.3, -0.25) is 0 Å². The highest BCUT2D eigenvalue weighted by Gasteiger charge is 2.24. The Morgan fingerprint density at radius 1 is 1.50 bits per heavy atom. The van der Waals surface area contributed by atoms with Crippen molar-refractivity contribution >= 4 is 6.03 Å². The van der Waals surface area contributed by atoms with E-state index in [9.17, 15) is 9.18 Å². The summed E-state index contributed by atoms with van der Waals surface area (Å²) >= 11 is 0. The minimum atomic E-state index is -0.671. The fraction of sp³-hybridized carbons (Fsp3) is 0.412. The molecule has 24 heavy (non-hydrogen) atoms. The van der Waals surface area contributed by atoms with Gasteiger partial charge in [-0.15, -0.1) is 0 Å². The third kappa shape index (κ3) is 3.73. The predicted octanol–water partition coefficient (Wildman–Crippen LogP) is 2.13. The number of carbonyl (C=O) groups excluding carboxylic acids is 1. The molecule has 1 aromatic heterocycles. The summed E-state index contributed by atoms with van der Waals surface area (Å²) in [7, 11) is 1.81. The molecule has 1 aliphatic heterocycles. The van der Waals surface area contributed by atoms with Gasteiger partial charge in [-0.05, 0) is 18.9 Å². The zero-order valence-electron chi connectivity index (χ0n) is 13.5. The average Bonchev–Trinajstić information content (AvgIpc) is 3.23. The first-order valence-electron chi connectivity index (χ1n) is 8.03. The zero-order chi connectivity index (χ0) is 16.9. The Kier molecular flexibility index (Phi) is 5.10. The van der Waals surface area contributed by atoms with Gasteiger partial charge >= 0.3 is 6.03 Å². The van der Waals surface area contributed by atoms with Gasteiger partial charge in [0.2, 0.25) is 0 Å². The number of rotatable bonds is 5.